The van der Waals surface area contributed by atoms with E-state index in [1.54, 1.807) is 12.4 Å². The van der Waals surface area contributed by atoms with E-state index in [1.165, 1.54) is 4.68 Å². The van der Waals surface area contributed by atoms with E-state index in [4.69, 9.17) is 4.52 Å². The summed E-state index contributed by atoms with van der Waals surface area (Å²) in [6, 6.07) is 0. The summed E-state index contributed by atoms with van der Waals surface area (Å²) in [4.78, 5) is 18.1. The van der Waals surface area contributed by atoms with Crippen molar-refractivity contribution < 1.29 is 9.32 Å². The van der Waals surface area contributed by atoms with Crippen molar-refractivity contribution in [2.75, 3.05) is 13.1 Å². The molecule has 0 spiro atoms. The number of hydrogen-bond donors (Lipinski definition) is 0. The average Bonchev–Trinajstić information content (AvgIpc) is 3.10. The molecular formula is C11H13BrN6O2. The van der Waals surface area contributed by atoms with Gasteiger partial charge < -0.3 is 9.42 Å². The first-order chi connectivity index (χ1) is 9.72. The van der Waals surface area contributed by atoms with E-state index in [-0.39, 0.29) is 18.4 Å². The van der Waals surface area contributed by atoms with Crippen molar-refractivity contribution in [1.82, 2.24) is 30.0 Å². The summed E-state index contributed by atoms with van der Waals surface area (Å²) in [5.74, 6) is 0.921. The molecule has 0 saturated carbocycles. The number of halogens is 1. The van der Waals surface area contributed by atoms with Gasteiger partial charge in [0, 0.05) is 25.2 Å². The number of aromatic nitrogens is 5. The van der Waals surface area contributed by atoms with E-state index in [9.17, 15) is 4.79 Å². The van der Waals surface area contributed by atoms with Crippen LogP contribution in [0, 0.1) is 0 Å². The first-order valence-electron chi connectivity index (χ1n) is 6.33. The van der Waals surface area contributed by atoms with Gasteiger partial charge in [-0.05, 0) is 33.9 Å². The van der Waals surface area contributed by atoms with E-state index in [1.807, 2.05) is 4.90 Å². The van der Waals surface area contributed by atoms with Crippen LogP contribution in [0.4, 0.5) is 0 Å². The Morgan fingerprint density at radius 2 is 2.25 bits per heavy atom. The van der Waals surface area contributed by atoms with Crippen LogP contribution >= 0.6 is 15.9 Å². The Labute approximate surface area is 123 Å². The third kappa shape index (κ3) is 2.87. The molecule has 3 heterocycles. The van der Waals surface area contributed by atoms with Crippen molar-refractivity contribution in [2.45, 2.75) is 25.3 Å². The van der Waals surface area contributed by atoms with Crippen molar-refractivity contribution in [3.05, 3.63) is 23.0 Å². The Bertz CT molecular complexity index is 576. The van der Waals surface area contributed by atoms with E-state index in [0.29, 0.717) is 23.7 Å². The smallest absolute Gasteiger partial charge is 0.244 e. The molecule has 1 saturated heterocycles. The van der Waals surface area contributed by atoms with E-state index >= 15 is 0 Å². The van der Waals surface area contributed by atoms with Gasteiger partial charge in [0.25, 0.3) is 0 Å². The van der Waals surface area contributed by atoms with Crippen LogP contribution in [0.25, 0.3) is 0 Å². The predicted octanol–water partition coefficient (Wildman–Crippen LogP) is 0.830. The highest BCUT2D eigenvalue weighted by atomic mass is 79.9. The first-order valence-corrected chi connectivity index (χ1v) is 7.12. The number of amides is 1. The number of nitrogens with zero attached hydrogens (tertiary/aromatic N) is 6. The lowest BCUT2D eigenvalue weighted by molar-refractivity contribution is -0.133. The minimum absolute atomic E-state index is 0.0562. The summed E-state index contributed by atoms with van der Waals surface area (Å²) < 4.78 is 7.15. The maximum Gasteiger partial charge on any atom is 0.244 e. The van der Waals surface area contributed by atoms with Crippen LogP contribution in [0.3, 0.4) is 0 Å². The number of likely N-dealkylation sites (tertiary alicyclic amines) is 1. The van der Waals surface area contributed by atoms with Crippen LogP contribution < -0.4 is 0 Å². The number of hydrogen-bond acceptors (Lipinski definition) is 6. The maximum atomic E-state index is 12.1. The second-order valence-corrected chi connectivity index (χ2v) is 5.37. The van der Waals surface area contributed by atoms with Crippen molar-refractivity contribution >= 4 is 21.8 Å². The minimum Gasteiger partial charge on any atom is -0.341 e. The van der Waals surface area contributed by atoms with Gasteiger partial charge in [-0.3, -0.25) is 4.79 Å². The highest BCUT2D eigenvalue weighted by molar-refractivity contribution is 9.10. The lowest BCUT2D eigenvalue weighted by Crippen LogP contribution is -2.39. The van der Waals surface area contributed by atoms with Crippen LogP contribution in [0.5, 0.6) is 0 Å². The molecule has 3 rings (SSSR count). The number of rotatable bonds is 3. The zero-order chi connectivity index (χ0) is 13.9. The molecule has 1 aliphatic rings. The summed E-state index contributed by atoms with van der Waals surface area (Å²) in [5.41, 5.74) is 0. The molecule has 0 radical (unpaired) electrons. The minimum atomic E-state index is 0.0562. The first kappa shape index (κ1) is 13.2. The van der Waals surface area contributed by atoms with Gasteiger partial charge in [0.15, 0.2) is 0 Å². The van der Waals surface area contributed by atoms with Crippen molar-refractivity contribution in [2.24, 2.45) is 0 Å². The summed E-state index contributed by atoms with van der Waals surface area (Å²) in [6.07, 6.45) is 4.91. The van der Waals surface area contributed by atoms with E-state index < -0.39 is 0 Å². The zero-order valence-electron chi connectivity index (χ0n) is 10.6. The molecule has 2 aromatic heterocycles. The Hall–Kier alpha value is -1.77. The molecule has 0 unspecified atom stereocenters. The fourth-order valence-electron chi connectivity index (χ4n) is 2.31. The second-order valence-electron chi connectivity index (χ2n) is 4.66. The van der Waals surface area contributed by atoms with Crippen molar-refractivity contribution in [3.8, 4) is 0 Å². The van der Waals surface area contributed by atoms with Crippen molar-refractivity contribution in [3.63, 3.8) is 0 Å². The van der Waals surface area contributed by atoms with Crippen LogP contribution in [-0.2, 0) is 11.3 Å². The van der Waals surface area contributed by atoms with Gasteiger partial charge >= 0.3 is 0 Å². The Morgan fingerprint density at radius 3 is 2.85 bits per heavy atom. The van der Waals surface area contributed by atoms with Crippen molar-refractivity contribution in [1.29, 1.82) is 0 Å². The van der Waals surface area contributed by atoms with E-state index in [0.717, 1.165) is 12.8 Å². The molecule has 20 heavy (non-hydrogen) atoms. The van der Waals surface area contributed by atoms with E-state index in [2.05, 4.69) is 36.4 Å². The normalized spacial score (nSPS) is 16.6. The Morgan fingerprint density at radius 1 is 1.45 bits per heavy atom. The third-order valence-corrected chi connectivity index (χ3v) is 3.71. The lowest BCUT2D eigenvalue weighted by Gasteiger charge is -2.30. The van der Waals surface area contributed by atoms with Crippen LogP contribution in [0.1, 0.15) is 24.7 Å². The lowest BCUT2D eigenvalue weighted by atomic mass is 9.97. The standard InChI is InChI=1S/C11H13BrN6O2/c12-11-14-10(20-15-11)8-1-4-17(5-2-8)9(19)7-18-6-3-13-16-18/h3,6,8H,1-2,4-5,7H2. The second kappa shape index (κ2) is 5.70. The molecule has 0 aliphatic carbocycles. The molecule has 2 aromatic rings. The Balaban J connectivity index is 1.54. The molecule has 0 N–H and O–H groups in total. The molecule has 9 heteroatoms. The predicted molar refractivity (Wildman–Crippen MR) is 70.6 cm³/mol. The summed E-state index contributed by atoms with van der Waals surface area (Å²) in [5, 5.41) is 11.2. The van der Waals surface area contributed by atoms with Gasteiger partial charge in [-0.15, -0.1) is 5.10 Å². The maximum absolute atomic E-state index is 12.1. The number of carbonyl (C=O) groups is 1. The van der Waals surface area contributed by atoms with Gasteiger partial charge in [0.2, 0.25) is 16.5 Å². The fraction of sp³-hybridized carbons (Fsp3) is 0.545. The Kier molecular flexibility index (Phi) is 3.77. The third-order valence-electron chi connectivity index (χ3n) is 3.38. The largest absolute Gasteiger partial charge is 0.341 e. The monoisotopic (exact) mass is 340 g/mol. The highest BCUT2D eigenvalue weighted by Gasteiger charge is 2.27. The summed E-state index contributed by atoms with van der Waals surface area (Å²) >= 11 is 3.17. The molecular weight excluding hydrogens is 328 g/mol. The van der Waals surface area contributed by atoms with Gasteiger partial charge in [-0.2, -0.15) is 4.98 Å². The molecule has 0 aromatic carbocycles. The molecule has 0 atom stereocenters. The summed E-state index contributed by atoms with van der Waals surface area (Å²) in [6.45, 7) is 1.62. The average molecular weight is 341 g/mol. The highest BCUT2D eigenvalue weighted by Crippen LogP contribution is 2.27. The van der Waals surface area contributed by atoms with Crippen LogP contribution in [0.2, 0.25) is 0 Å². The number of carbonyl (C=O) groups excluding carboxylic acids is 1. The van der Waals surface area contributed by atoms with Gasteiger partial charge in [0.05, 0.1) is 6.20 Å². The van der Waals surface area contributed by atoms with Gasteiger partial charge in [-0.25, -0.2) is 4.68 Å². The molecule has 1 amide bonds. The fourth-order valence-corrected chi connectivity index (χ4v) is 2.56. The molecule has 0 bridgehead atoms. The topological polar surface area (TPSA) is 89.9 Å². The summed E-state index contributed by atoms with van der Waals surface area (Å²) in [7, 11) is 0. The van der Waals surface area contributed by atoms with Crippen LogP contribution in [-0.4, -0.2) is 49.0 Å². The number of piperidine rings is 1. The molecule has 8 nitrogen and oxygen atoms in total. The SMILES string of the molecule is O=C(Cn1ccnn1)N1CCC(c2nc(Br)no2)CC1. The van der Waals surface area contributed by atoms with Gasteiger partial charge in [-0.1, -0.05) is 5.21 Å². The quantitative estimate of drug-likeness (QED) is 0.821. The molecule has 1 aliphatic heterocycles. The zero-order valence-corrected chi connectivity index (χ0v) is 12.2. The molecule has 106 valence electrons. The molecule has 1 fully saturated rings. The van der Waals surface area contributed by atoms with Gasteiger partial charge in [0.1, 0.15) is 6.54 Å². The van der Waals surface area contributed by atoms with Crippen LogP contribution in [0.15, 0.2) is 21.7 Å².